The highest BCUT2D eigenvalue weighted by molar-refractivity contribution is 6.31. The van der Waals surface area contributed by atoms with Gasteiger partial charge in [-0.25, -0.2) is 9.37 Å². The van der Waals surface area contributed by atoms with Crippen LogP contribution in [-0.2, 0) is 6.54 Å². The van der Waals surface area contributed by atoms with Crippen LogP contribution in [0.4, 0.5) is 4.39 Å². The summed E-state index contributed by atoms with van der Waals surface area (Å²) >= 11 is 12.0. The quantitative estimate of drug-likeness (QED) is 0.660. The van der Waals surface area contributed by atoms with Crippen molar-refractivity contribution in [3.63, 3.8) is 0 Å². The van der Waals surface area contributed by atoms with Crippen LogP contribution in [0.5, 0.6) is 0 Å². The van der Waals surface area contributed by atoms with Crippen molar-refractivity contribution < 1.29 is 4.39 Å². The van der Waals surface area contributed by atoms with Crippen molar-refractivity contribution in [3.8, 4) is 0 Å². The Morgan fingerprint density at radius 2 is 2.00 bits per heavy atom. The lowest BCUT2D eigenvalue weighted by Crippen LogP contribution is -2.05. The zero-order valence-corrected chi connectivity index (χ0v) is 13.5. The first-order valence-corrected chi connectivity index (χ1v) is 7.70. The summed E-state index contributed by atoms with van der Waals surface area (Å²) in [5, 5.41) is -0.124. The largest absolute Gasteiger partial charge is 0.327 e. The van der Waals surface area contributed by atoms with Crippen LogP contribution in [0.15, 0.2) is 12.1 Å². The Labute approximate surface area is 128 Å². The molecule has 0 amide bonds. The highest BCUT2D eigenvalue weighted by Crippen LogP contribution is 2.28. The third-order valence-corrected chi connectivity index (χ3v) is 3.82. The lowest BCUT2D eigenvalue weighted by Gasteiger charge is -2.11. The van der Waals surface area contributed by atoms with Gasteiger partial charge >= 0.3 is 0 Å². The van der Waals surface area contributed by atoms with E-state index in [1.165, 1.54) is 6.07 Å². The number of benzene rings is 1. The third kappa shape index (κ3) is 3.26. The van der Waals surface area contributed by atoms with Gasteiger partial charge in [-0.2, -0.15) is 0 Å². The van der Waals surface area contributed by atoms with Gasteiger partial charge in [0.05, 0.1) is 21.4 Å². The van der Waals surface area contributed by atoms with Gasteiger partial charge in [0.25, 0.3) is 0 Å². The molecule has 0 saturated carbocycles. The number of aromatic nitrogens is 2. The normalized spacial score (nSPS) is 13.3. The van der Waals surface area contributed by atoms with E-state index in [4.69, 9.17) is 23.2 Å². The van der Waals surface area contributed by atoms with Gasteiger partial charge in [-0.15, -0.1) is 11.6 Å². The predicted molar refractivity (Wildman–Crippen MR) is 83.0 cm³/mol. The molecule has 2 aromatic rings. The van der Waals surface area contributed by atoms with Gasteiger partial charge in [0.1, 0.15) is 11.6 Å². The number of imidazole rings is 1. The molecule has 1 unspecified atom stereocenters. The highest BCUT2D eigenvalue weighted by Gasteiger charge is 2.16. The van der Waals surface area contributed by atoms with Crippen molar-refractivity contribution in [3.05, 3.63) is 28.8 Å². The fourth-order valence-corrected chi connectivity index (χ4v) is 2.66. The molecule has 0 spiro atoms. The maximum absolute atomic E-state index is 13.7. The van der Waals surface area contributed by atoms with E-state index in [0.29, 0.717) is 11.4 Å². The van der Waals surface area contributed by atoms with Crippen LogP contribution >= 0.6 is 23.2 Å². The lowest BCUT2D eigenvalue weighted by atomic mass is 10.1. The van der Waals surface area contributed by atoms with Gasteiger partial charge < -0.3 is 4.57 Å². The van der Waals surface area contributed by atoms with Gasteiger partial charge in [0.15, 0.2) is 0 Å². The van der Waals surface area contributed by atoms with Crippen LogP contribution in [0.2, 0.25) is 5.02 Å². The van der Waals surface area contributed by atoms with E-state index < -0.39 is 5.82 Å². The molecule has 0 aliphatic heterocycles. The van der Waals surface area contributed by atoms with E-state index in [1.807, 2.05) is 11.5 Å². The Kier molecular flexibility index (Phi) is 4.92. The monoisotopic (exact) mass is 316 g/mol. The Bertz CT molecular complexity index is 605. The van der Waals surface area contributed by atoms with Gasteiger partial charge in [-0.05, 0) is 31.7 Å². The van der Waals surface area contributed by atoms with Crippen LogP contribution in [0.25, 0.3) is 11.0 Å². The van der Waals surface area contributed by atoms with Crippen molar-refractivity contribution in [2.45, 2.75) is 45.5 Å². The Morgan fingerprint density at radius 1 is 1.30 bits per heavy atom. The van der Waals surface area contributed by atoms with Crippen molar-refractivity contribution >= 4 is 34.2 Å². The minimum Gasteiger partial charge on any atom is -0.327 e. The Hall–Kier alpha value is -0.800. The lowest BCUT2D eigenvalue weighted by molar-refractivity contribution is 0.509. The summed E-state index contributed by atoms with van der Waals surface area (Å²) in [5.41, 5.74) is 1.46. The number of hydrogen-bond donors (Lipinski definition) is 0. The molecule has 0 aliphatic carbocycles. The second kappa shape index (κ2) is 6.31. The molecule has 0 aliphatic rings. The number of nitrogens with zero attached hydrogens (tertiary/aromatic N) is 2. The highest BCUT2D eigenvalue weighted by atomic mass is 35.5. The zero-order chi connectivity index (χ0) is 14.9. The molecule has 0 radical (unpaired) electrons. The summed E-state index contributed by atoms with van der Waals surface area (Å²) in [4.78, 5) is 4.49. The average Bonchev–Trinajstić information content (AvgIpc) is 2.68. The number of hydrogen-bond acceptors (Lipinski definition) is 1. The molecule has 0 N–H and O–H groups in total. The molecule has 1 heterocycles. The number of alkyl halides is 1. The molecule has 20 heavy (non-hydrogen) atoms. The van der Waals surface area contributed by atoms with E-state index in [0.717, 1.165) is 30.7 Å². The first kappa shape index (κ1) is 15.6. The smallest absolute Gasteiger partial charge is 0.144 e. The molecular formula is C15H19Cl2FN2. The number of fused-ring (bicyclic) bond motifs is 1. The summed E-state index contributed by atoms with van der Waals surface area (Å²) < 4.78 is 15.7. The fraction of sp³-hybridized carbons (Fsp3) is 0.533. The van der Waals surface area contributed by atoms with Crippen LogP contribution in [0.3, 0.4) is 0 Å². The molecule has 0 fully saturated rings. The zero-order valence-electron chi connectivity index (χ0n) is 12.0. The minimum atomic E-state index is -0.419. The molecule has 0 bridgehead atoms. The average molecular weight is 317 g/mol. The molecule has 5 heteroatoms. The van der Waals surface area contributed by atoms with E-state index in [1.54, 1.807) is 6.07 Å². The van der Waals surface area contributed by atoms with Gasteiger partial charge in [0.2, 0.25) is 0 Å². The summed E-state index contributed by atoms with van der Waals surface area (Å²) in [6, 6.07) is 3.01. The molecule has 1 aromatic heterocycles. The summed E-state index contributed by atoms with van der Waals surface area (Å²) in [5.74, 6) is 0.998. The first-order valence-electron chi connectivity index (χ1n) is 6.89. The predicted octanol–water partition coefficient (Wildman–Crippen LogP) is 5.56. The summed E-state index contributed by atoms with van der Waals surface area (Å²) in [7, 11) is 0. The first-order chi connectivity index (χ1) is 9.40. The molecular weight excluding hydrogens is 298 g/mol. The minimum absolute atomic E-state index is 0.0955. The van der Waals surface area contributed by atoms with E-state index >= 15 is 0 Å². The molecule has 1 aromatic carbocycles. The van der Waals surface area contributed by atoms with Crippen LogP contribution < -0.4 is 0 Å². The van der Waals surface area contributed by atoms with Crippen molar-refractivity contribution in [1.29, 1.82) is 0 Å². The number of rotatable bonds is 5. The number of aryl methyl sites for hydroxylation is 1. The SMILES string of the molecule is CC(C)CCCn1c(C(C)Cl)nc2cc(Cl)c(F)cc21. The van der Waals surface area contributed by atoms with Crippen molar-refractivity contribution in [1.82, 2.24) is 9.55 Å². The van der Waals surface area contributed by atoms with Crippen LogP contribution in [0, 0.1) is 11.7 Å². The topological polar surface area (TPSA) is 17.8 Å². The molecule has 0 saturated heterocycles. The summed E-state index contributed by atoms with van der Waals surface area (Å²) in [6.45, 7) is 7.05. The van der Waals surface area contributed by atoms with Crippen LogP contribution in [0.1, 0.15) is 44.8 Å². The van der Waals surface area contributed by atoms with Gasteiger partial charge in [-0.3, -0.25) is 0 Å². The van der Waals surface area contributed by atoms with E-state index in [-0.39, 0.29) is 10.4 Å². The van der Waals surface area contributed by atoms with E-state index in [9.17, 15) is 4.39 Å². The van der Waals surface area contributed by atoms with Crippen LogP contribution in [-0.4, -0.2) is 9.55 Å². The standard InChI is InChI=1S/C15H19Cl2FN2/c1-9(2)5-4-6-20-14-8-12(18)11(17)7-13(14)19-15(20)10(3)16/h7-10H,4-6H2,1-3H3. The maximum Gasteiger partial charge on any atom is 0.144 e. The second-order valence-corrected chi connectivity index (χ2v) is 6.59. The fourth-order valence-electron chi connectivity index (χ4n) is 2.34. The molecule has 110 valence electrons. The molecule has 2 nitrogen and oxygen atoms in total. The maximum atomic E-state index is 13.7. The summed E-state index contributed by atoms with van der Waals surface area (Å²) in [6.07, 6.45) is 2.13. The third-order valence-electron chi connectivity index (χ3n) is 3.34. The molecule has 1 atom stereocenters. The van der Waals surface area contributed by atoms with Gasteiger partial charge in [0, 0.05) is 12.6 Å². The van der Waals surface area contributed by atoms with E-state index in [2.05, 4.69) is 18.8 Å². The van der Waals surface area contributed by atoms with Crippen molar-refractivity contribution in [2.75, 3.05) is 0 Å². The Morgan fingerprint density at radius 3 is 2.60 bits per heavy atom. The van der Waals surface area contributed by atoms with Gasteiger partial charge in [-0.1, -0.05) is 25.4 Å². The second-order valence-electron chi connectivity index (χ2n) is 5.53. The molecule has 2 rings (SSSR count). The number of halogens is 3. The van der Waals surface area contributed by atoms with Crippen molar-refractivity contribution in [2.24, 2.45) is 5.92 Å². The Balaban J connectivity index is 2.42.